The second kappa shape index (κ2) is 2.49. The minimum atomic E-state index is 0.866. The summed E-state index contributed by atoms with van der Waals surface area (Å²) >= 11 is 0. The maximum Gasteiger partial charge on any atom is 0.0997 e. The Balaban J connectivity index is 2.63. The van der Waals surface area contributed by atoms with E-state index in [1.807, 2.05) is 25.1 Å². The normalized spacial score (nSPS) is 14.3. The first-order valence-electron chi connectivity index (χ1n) is 4.01. The molecule has 2 rings (SSSR count). The Morgan fingerprint density at radius 2 is 2.08 bits per heavy atom. The summed E-state index contributed by atoms with van der Waals surface area (Å²) in [6.07, 6.45) is 0.944. The third kappa shape index (κ3) is 0.853. The molecule has 0 heterocycles. The standard InChI is InChI=1S/C11H9N/c1-8-6-9-4-2-3-5-10(9)11(8)7-12/h2-5H,6H2,1H3. The summed E-state index contributed by atoms with van der Waals surface area (Å²) in [5.41, 5.74) is 4.47. The summed E-state index contributed by atoms with van der Waals surface area (Å²) < 4.78 is 0. The van der Waals surface area contributed by atoms with Crippen LogP contribution < -0.4 is 0 Å². The van der Waals surface area contributed by atoms with Crippen molar-refractivity contribution in [2.24, 2.45) is 0 Å². The number of hydrogen-bond acceptors (Lipinski definition) is 1. The van der Waals surface area contributed by atoms with Crippen molar-refractivity contribution in [1.29, 1.82) is 5.26 Å². The lowest BCUT2D eigenvalue weighted by Crippen LogP contribution is -1.80. The fraction of sp³-hybridized carbons (Fsp3) is 0.182. The van der Waals surface area contributed by atoms with Gasteiger partial charge in [-0.15, -0.1) is 0 Å². The molecule has 0 unspecified atom stereocenters. The van der Waals surface area contributed by atoms with Gasteiger partial charge in [0.25, 0.3) is 0 Å². The number of hydrogen-bond donors (Lipinski definition) is 0. The van der Waals surface area contributed by atoms with Gasteiger partial charge in [0, 0.05) is 0 Å². The van der Waals surface area contributed by atoms with E-state index in [-0.39, 0.29) is 0 Å². The highest BCUT2D eigenvalue weighted by Crippen LogP contribution is 2.31. The van der Waals surface area contributed by atoms with Gasteiger partial charge in [-0.3, -0.25) is 0 Å². The summed E-state index contributed by atoms with van der Waals surface area (Å²) in [5, 5.41) is 8.88. The topological polar surface area (TPSA) is 23.8 Å². The van der Waals surface area contributed by atoms with Crippen LogP contribution in [0.4, 0.5) is 0 Å². The quantitative estimate of drug-likeness (QED) is 0.564. The zero-order valence-electron chi connectivity index (χ0n) is 6.96. The summed E-state index contributed by atoms with van der Waals surface area (Å²) in [7, 11) is 0. The van der Waals surface area contributed by atoms with E-state index in [0.29, 0.717) is 0 Å². The van der Waals surface area contributed by atoms with Crippen LogP contribution in [0.5, 0.6) is 0 Å². The van der Waals surface area contributed by atoms with Gasteiger partial charge in [-0.05, 0) is 24.5 Å². The van der Waals surface area contributed by atoms with Crippen molar-refractivity contribution in [1.82, 2.24) is 0 Å². The Labute approximate surface area is 72.0 Å². The third-order valence-corrected chi connectivity index (χ3v) is 2.28. The first-order valence-corrected chi connectivity index (χ1v) is 4.01. The lowest BCUT2D eigenvalue weighted by atomic mass is 10.1. The van der Waals surface area contributed by atoms with Gasteiger partial charge in [-0.1, -0.05) is 29.8 Å². The predicted octanol–water partition coefficient (Wildman–Crippen LogP) is 2.54. The smallest absolute Gasteiger partial charge is 0.0997 e. The molecule has 0 amide bonds. The van der Waals surface area contributed by atoms with E-state index in [9.17, 15) is 0 Å². The van der Waals surface area contributed by atoms with Gasteiger partial charge in [0.1, 0.15) is 0 Å². The molecule has 0 aliphatic heterocycles. The van der Waals surface area contributed by atoms with Crippen LogP contribution in [0.3, 0.4) is 0 Å². The van der Waals surface area contributed by atoms with Crippen molar-refractivity contribution in [3.05, 3.63) is 41.0 Å². The van der Waals surface area contributed by atoms with Crippen molar-refractivity contribution in [2.45, 2.75) is 13.3 Å². The molecule has 0 bridgehead atoms. The Morgan fingerprint density at radius 1 is 1.33 bits per heavy atom. The van der Waals surface area contributed by atoms with Gasteiger partial charge in [0.2, 0.25) is 0 Å². The monoisotopic (exact) mass is 155 g/mol. The Kier molecular flexibility index (Phi) is 1.48. The van der Waals surface area contributed by atoms with E-state index in [1.54, 1.807) is 0 Å². The second-order valence-electron chi connectivity index (χ2n) is 3.10. The predicted molar refractivity (Wildman–Crippen MR) is 48.4 cm³/mol. The lowest BCUT2D eigenvalue weighted by molar-refractivity contribution is 1.19. The van der Waals surface area contributed by atoms with Crippen LogP contribution >= 0.6 is 0 Å². The van der Waals surface area contributed by atoms with Crippen LogP contribution in [-0.2, 0) is 6.42 Å². The zero-order valence-corrected chi connectivity index (χ0v) is 6.96. The number of allylic oxidation sites excluding steroid dienone is 2. The molecule has 0 saturated carbocycles. The molecule has 0 N–H and O–H groups in total. The SMILES string of the molecule is CC1=C(C#N)c2ccccc2C1. The van der Waals surface area contributed by atoms with Crippen molar-refractivity contribution in [3.63, 3.8) is 0 Å². The number of fused-ring (bicyclic) bond motifs is 1. The van der Waals surface area contributed by atoms with E-state index in [0.717, 1.165) is 17.6 Å². The van der Waals surface area contributed by atoms with Crippen LogP contribution in [0.2, 0.25) is 0 Å². The van der Waals surface area contributed by atoms with Crippen molar-refractivity contribution in [3.8, 4) is 6.07 Å². The summed E-state index contributed by atoms with van der Waals surface area (Å²) in [5.74, 6) is 0. The zero-order chi connectivity index (χ0) is 8.55. The van der Waals surface area contributed by atoms with Gasteiger partial charge in [-0.2, -0.15) is 5.26 Å². The molecule has 1 aliphatic carbocycles. The molecule has 58 valence electrons. The molecule has 12 heavy (non-hydrogen) atoms. The lowest BCUT2D eigenvalue weighted by Gasteiger charge is -1.95. The average molecular weight is 155 g/mol. The van der Waals surface area contributed by atoms with Crippen molar-refractivity contribution < 1.29 is 0 Å². The maximum absolute atomic E-state index is 8.88. The molecule has 1 nitrogen and oxygen atoms in total. The summed E-state index contributed by atoms with van der Waals surface area (Å²) in [6, 6.07) is 10.4. The molecular weight excluding hydrogens is 146 g/mol. The molecule has 0 fully saturated rings. The minimum Gasteiger partial charge on any atom is -0.192 e. The van der Waals surface area contributed by atoms with Crippen LogP contribution in [0.1, 0.15) is 18.1 Å². The first-order chi connectivity index (χ1) is 5.83. The van der Waals surface area contributed by atoms with Gasteiger partial charge in [-0.25, -0.2) is 0 Å². The van der Waals surface area contributed by atoms with E-state index in [2.05, 4.69) is 12.1 Å². The third-order valence-electron chi connectivity index (χ3n) is 2.28. The highest BCUT2D eigenvalue weighted by atomic mass is 14.3. The fourth-order valence-corrected chi connectivity index (χ4v) is 1.68. The van der Waals surface area contributed by atoms with Crippen molar-refractivity contribution >= 4 is 5.57 Å². The molecular formula is C11H9N. The van der Waals surface area contributed by atoms with Gasteiger partial charge in [0.15, 0.2) is 0 Å². The highest BCUT2D eigenvalue weighted by molar-refractivity contribution is 5.84. The highest BCUT2D eigenvalue weighted by Gasteiger charge is 2.16. The van der Waals surface area contributed by atoms with Gasteiger partial charge < -0.3 is 0 Å². The Bertz CT molecular complexity index is 394. The van der Waals surface area contributed by atoms with Crippen LogP contribution in [0, 0.1) is 11.3 Å². The Morgan fingerprint density at radius 3 is 2.83 bits per heavy atom. The molecule has 0 aromatic heterocycles. The second-order valence-corrected chi connectivity index (χ2v) is 3.10. The average Bonchev–Trinajstić information content (AvgIpc) is 2.40. The van der Waals surface area contributed by atoms with E-state index < -0.39 is 0 Å². The number of rotatable bonds is 0. The van der Waals surface area contributed by atoms with Gasteiger partial charge >= 0.3 is 0 Å². The fourth-order valence-electron chi connectivity index (χ4n) is 1.68. The largest absolute Gasteiger partial charge is 0.192 e. The van der Waals surface area contributed by atoms with Crippen LogP contribution in [-0.4, -0.2) is 0 Å². The van der Waals surface area contributed by atoms with E-state index >= 15 is 0 Å². The number of nitrogens with zero attached hydrogens (tertiary/aromatic N) is 1. The molecule has 1 aliphatic rings. The van der Waals surface area contributed by atoms with E-state index in [1.165, 1.54) is 11.1 Å². The van der Waals surface area contributed by atoms with Crippen molar-refractivity contribution in [2.75, 3.05) is 0 Å². The summed E-state index contributed by atoms with van der Waals surface area (Å²) in [6.45, 7) is 2.03. The Hall–Kier alpha value is -1.55. The molecule has 0 radical (unpaired) electrons. The molecule has 0 spiro atoms. The molecule has 1 aromatic rings. The molecule has 0 atom stereocenters. The van der Waals surface area contributed by atoms with Gasteiger partial charge in [0.05, 0.1) is 11.6 Å². The summed E-state index contributed by atoms with van der Waals surface area (Å²) in [4.78, 5) is 0. The first kappa shape index (κ1) is 7.12. The maximum atomic E-state index is 8.88. The molecule has 1 heteroatoms. The van der Waals surface area contributed by atoms with Crippen LogP contribution in [0.15, 0.2) is 29.8 Å². The molecule has 1 aromatic carbocycles. The van der Waals surface area contributed by atoms with E-state index in [4.69, 9.17) is 5.26 Å². The van der Waals surface area contributed by atoms with Crippen LogP contribution in [0.25, 0.3) is 5.57 Å². The number of nitriles is 1. The minimum absolute atomic E-state index is 0.866. The molecule has 0 saturated heterocycles. The number of benzene rings is 1.